The molecule has 0 saturated carbocycles. The molecule has 0 N–H and O–H groups in total. The molecule has 0 fully saturated rings. The summed E-state index contributed by atoms with van der Waals surface area (Å²) in [6, 6.07) is 99.1. The molecular weight excluding hydrogens is 978 g/mol. The monoisotopic (exact) mass is 1020 g/mol. The summed E-state index contributed by atoms with van der Waals surface area (Å²) in [5.74, 6) is 0. The van der Waals surface area contributed by atoms with Crippen molar-refractivity contribution < 1.29 is 0 Å². The number of anilines is 6. The fourth-order valence-corrected chi connectivity index (χ4v) is 33.6. The second-order valence-electron chi connectivity index (χ2n) is 17.7. The van der Waals surface area contributed by atoms with E-state index in [9.17, 15) is 0 Å². The van der Waals surface area contributed by atoms with Gasteiger partial charge in [-0.3, -0.25) is 0 Å². The molecule has 0 spiro atoms. The quantitative estimate of drug-likeness (QED) is 0.142. The molecule has 4 nitrogen and oxygen atoms in total. The van der Waals surface area contributed by atoms with Crippen LogP contribution in [0.5, 0.6) is 0 Å². The Labute approximate surface area is 412 Å². The molecule has 326 valence electrons. The number of fused-ring (bicyclic) bond motifs is 4. The SMILES string of the molecule is c1cc[c]([Ge]2([c]3ccccc3)[c]3ccccc3N(c3ccc(-c4nnc(-c5ccc(N6c7cccc[c]7[Ge]([c]7ccccc7)([c]7ccccc7)[c]7ccccc76)cc5)s4)cc3)c3cccc[c]32)cc1. The summed E-state index contributed by atoms with van der Waals surface area (Å²) >= 11 is -5.25. The summed E-state index contributed by atoms with van der Waals surface area (Å²) in [5.41, 5.74) is 9.29. The molecule has 0 aliphatic carbocycles. The van der Waals surface area contributed by atoms with Crippen molar-refractivity contribution in [1.82, 2.24) is 10.2 Å². The number of hydrogen-bond donors (Lipinski definition) is 0. The molecule has 2 aliphatic rings. The van der Waals surface area contributed by atoms with Crippen LogP contribution in [0, 0.1) is 0 Å². The molecule has 0 amide bonds. The van der Waals surface area contributed by atoms with Crippen LogP contribution in [0.15, 0.2) is 267 Å². The molecule has 2 aliphatic heterocycles. The average molecular weight is 1020 g/mol. The van der Waals surface area contributed by atoms with Crippen molar-refractivity contribution >= 4 is 107 Å². The van der Waals surface area contributed by atoms with Gasteiger partial charge in [-0.25, -0.2) is 0 Å². The molecule has 3 heterocycles. The molecule has 69 heavy (non-hydrogen) atoms. The molecule has 0 unspecified atom stereocenters. The van der Waals surface area contributed by atoms with Crippen LogP contribution < -0.4 is 45.0 Å². The van der Waals surface area contributed by atoms with Gasteiger partial charge in [0.1, 0.15) is 0 Å². The van der Waals surface area contributed by atoms with Crippen LogP contribution in [0.2, 0.25) is 0 Å². The van der Waals surface area contributed by atoms with Gasteiger partial charge < -0.3 is 0 Å². The van der Waals surface area contributed by atoms with Crippen molar-refractivity contribution in [2.24, 2.45) is 0 Å². The van der Waals surface area contributed by atoms with E-state index in [0.717, 1.165) is 32.5 Å². The third kappa shape index (κ3) is 6.56. The van der Waals surface area contributed by atoms with Crippen molar-refractivity contribution in [3.05, 3.63) is 267 Å². The van der Waals surface area contributed by atoms with Gasteiger partial charge in [-0.05, 0) is 0 Å². The zero-order valence-electron chi connectivity index (χ0n) is 37.6. The van der Waals surface area contributed by atoms with Crippen molar-refractivity contribution in [2.45, 2.75) is 0 Å². The summed E-state index contributed by atoms with van der Waals surface area (Å²) < 4.78 is 11.4. The molecule has 1 aromatic heterocycles. The third-order valence-electron chi connectivity index (χ3n) is 14.2. The van der Waals surface area contributed by atoms with E-state index in [1.54, 1.807) is 11.3 Å². The molecule has 7 heteroatoms. The minimum absolute atomic E-state index is 0.894. The van der Waals surface area contributed by atoms with Crippen LogP contribution in [0.3, 0.4) is 0 Å². The first kappa shape index (κ1) is 41.6. The van der Waals surface area contributed by atoms with Gasteiger partial charge >= 0.3 is 415 Å². The first-order chi connectivity index (χ1) is 34.2. The number of para-hydroxylation sites is 4. The fraction of sp³-hybridized carbons (Fsp3) is 0. The van der Waals surface area contributed by atoms with E-state index in [1.807, 2.05) is 0 Å². The predicted molar refractivity (Wildman–Crippen MR) is 294 cm³/mol. The molecule has 10 aromatic carbocycles. The van der Waals surface area contributed by atoms with Gasteiger partial charge in [0.15, 0.2) is 0 Å². The van der Waals surface area contributed by atoms with E-state index >= 15 is 0 Å². The van der Waals surface area contributed by atoms with E-state index in [0.29, 0.717) is 0 Å². The Morgan fingerprint density at radius 2 is 0.507 bits per heavy atom. The fourth-order valence-electron chi connectivity index (χ4n) is 11.3. The van der Waals surface area contributed by atoms with E-state index in [2.05, 4.69) is 277 Å². The van der Waals surface area contributed by atoms with Gasteiger partial charge in [0.2, 0.25) is 0 Å². The Bertz CT molecular complexity index is 3210. The van der Waals surface area contributed by atoms with E-state index in [-0.39, 0.29) is 0 Å². The number of rotatable bonds is 8. The number of benzene rings is 10. The Hall–Kier alpha value is -7.55. The zero-order chi connectivity index (χ0) is 45.8. The second-order valence-corrected chi connectivity index (χ2v) is 34.3. The first-order valence-electron chi connectivity index (χ1n) is 23.5. The molecule has 0 radical (unpaired) electrons. The van der Waals surface area contributed by atoms with Gasteiger partial charge in [0.05, 0.1) is 0 Å². The van der Waals surface area contributed by atoms with Gasteiger partial charge in [-0.1, -0.05) is 0 Å². The third-order valence-corrected chi connectivity index (χ3v) is 35.6. The van der Waals surface area contributed by atoms with Crippen LogP contribution in [-0.2, 0) is 0 Å². The first-order valence-corrected chi connectivity index (χ1v) is 32.7. The van der Waals surface area contributed by atoms with Crippen molar-refractivity contribution in [1.29, 1.82) is 0 Å². The molecule has 11 aromatic rings. The summed E-state index contributed by atoms with van der Waals surface area (Å²) in [6.07, 6.45) is 0. The number of nitrogens with zero attached hydrogens (tertiary/aromatic N) is 4. The summed E-state index contributed by atoms with van der Waals surface area (Å²) in [5, 5.41) is 11.3. The van der Waals surface area contributed by atoms with Crippen molar-refractivity contribution in [3.8, 4) is 21.1 Å². The van der Waals surface area contributed by atoms with Crippen molar-refractivity contribution in [3.63, 3.8) is 0 Å². The van der Waals surface area contributed by atoms with E-state index in [1.165, 1.54) is 57.9 Å². The van der Waals surface area contributed by atoms with E-state index < -0.39 is 26.5 Å². The summed E-state index contributed by atoms with van der Waals surface area (Å²) in [7, 11) is 0. The van der Waals surface area contributed by atoms with Crippen LogP contribution in [-0.4, -0.2) is 36.7 Å². The van der Waals surface area contributed by atoms with Gasteiger partial charge in [-0.15, -0.1) is 0 Å². The maximum absolute atomic E-state index is 4.77. The maximum atomic E-state index is 4.77. The summed E-state index contributed by atoms with van der Waals surface area (Å²) in [4.78, 5) is 4.92. The molecule has 0 bridgehead atoms. The molecule has 13 rings (SSSR count). The molecule has 0 saturated heterocycles. The molecular formula is C62H44Ge2N4S. The van der Waals surface area contributed by atoms with Gasteiger partial charge in [0, 0.05) is 0 Å². The Morgan fingerprint density at radius 3 is 0.783 bits per heavy atom. The number of hydrogen-bond acceptors (Lipinski definition) is 5. The van der Waals surface area contributed by atoms with E-state index in [4.69, 9.17) is 10.2 Å². The second kappa shape index (κ2) is 17.2. The van der Waals surface area contributed by atoms with Crippen LogP contribution in [0.25, 0.3) is 21.1 Å². The van der Waals surface area contributed by atoms with Gasteiger partial charge in [0.25, 0.3) is 0 Å². The zero-order valence-corrected chi connectivity index (χ0v) is 42.6. The normalized spacial score (nSPS) is 14.0. The standard InChI is InChI=1S/C62H44Ge2N4S/c1-5-21-47(22-6-1)63(48-23-7-2-8-24-48)53-29-13-17-33-57(53)67(58-34-18-14-30-54(58)63)51-41-37-45(38-42-51)61-65-66-62(69-61)46-39-43-52(44-40-46)68-59-35-19-15-31-55(59)64(49-25-9-3-10-26-49,50-27-11-4-12-28-50)56-32-16-20-36-60(56)68/h1-44H. The topological polar surface area (TPSA) is 32.3 Å². The van der Waals surface area contributed by atoms with Crippen LogP contribution in [0.1, 0.15) is 0 Å². The van der Waals surface area contributed by atoms with Crippen LogP contribution >= 0.6 is 11.3 Å². The minimum atomic E-state index is -3.44. The Balaban J connectivity index is 0.837. The van der Waals surface area contributed by atoms with Gasteiger partial charge in [-0.2, -0.15) is 0 Å². The average Bonchev–Trinajstić information content (AvgIpc) is 3.94. The Kier molecular flexibility index (Phi) is 10.4. The molecule has 0 atom stereocenters. The van der Waals surface area contributed by atoms with Crippen molar-refractivity contribution in [2.75, 3.05) is 9.80 Å². The summed E-state index contributed by atoms with van der Waals surface area (Å²) in [6.45, 7) is 0. The Morgan fingerprint density at radius 1 is 0.261 bits per heavy atom. The number of aromatic nitrogens is 2. The predicted octanol–water partition coefficient (Wildman–Crippen LogP) is 10.2. The van der Waals surface area contributed by atoms with Crippen LogP contribution in [0.4, 0.5) is 34.1 Å².